The molecule has 0 aliphatic carbocycles. The van der Waals surface area contributed by atoms with Gasteiger partial charge >= 0.3 is 0 Å². The second-order valence-electron chi connectivity index (χ2n) is 10.7. The van der Waals surface area contributed by atoms with Crippen molar-refractivity contribution < 1.29 is 6.11 Å². The summed E-state index contributed by atoms with van der Waals surface area (Å²) in [6.45, 7) is 11.8. The van der Waals surface area contributed by atoms with Gasteiger partial charge < -0.3 is 25.2 Å². The Labute approximate surface area is 225 Å². The molecule has 3 aromatic rings. The smallest absolute Gasteiger partial charge is 0.227 e. The number of fused-ring (bicyclic) bond motifs is 1. The van der Waals surface area contributed by atoms with Crippen LogP contribution in [0.15, 0.2) is 36.5 Å². The Morgan fingerprint density at radius 3 is 2.66 bits per heavy atom. The molecule has 6 rings (SSSR count). The fraction of sp³-hybridized carbons (Fsp3) is 0.500. The van der Waals surface area contributed by atoms with E-state index in [0.717, 1.165) is 87.4 Å². The zero-order valence-electron chi connectivity index (χ0n) is 23.0. The lowest BCUT2D eigenvalue weighted by Crippen LogP contribution is -2.56. The van der Waals surface area contributed by atoms with Crippen molar-refractivity contribution in [2.45, 2.75) is 32.1 Å². The number of hydrogen-bond acceptors (Lipinski definition) is 10. The van der Waals surface area contributed by atoms with Crippen molar-refractivity contribution in [3.8, 4) is 6.07 Å². The first-order valence-corrected chi connectivity index (χ1v) is 13.4. The molecule has 2 N–H and O–H groups in total. The number of nitriles is 1. The van der Waals surface area contributed by atoms with Gasteiger partial charge in [-0.2, -0.15) is 10.2 Å². The predicted molar refractivity (Wildman–Crippen MR) is 149 cm³/mol. The standard InChI is InChI=1S/C28H35N9O/c1-19-12-26(37-15-22(30)16-37)33-28(32-19)35-10-8-34(9-11-35)17-23-18-36(14-20(2)38-23)25-6-5-21(13-29)27-24(25)4-3-7-31-27/h3-7,12,20,22-23H,8-11,14-18,30H2,1-2H3/t20-,23+/m1/s1/i7D. The quantitative estimate of drug-likeness (QED) is 0.541. The molecule has 3 saturated heterocycles. The van der Waals surface area contributed by atoms with Crippen LogP contribution in [0.25, 0.3) is 10.9 Å². The van der Waals surface area contributed by atoms with Crippen LogP contribution in [0.3, 0.4) is 0 Å². The van der Waals surface area contributed by atoms with E-state index in [9.17, 15) is 5.26 Å². The number of ether oxygens (including phenoxy) is 1. The van der Waals surface area contributed by atoms with Crippen LogP contribution in [-0.2, 0) is 4.74 Å². The average molecular weight is 515 g/mol. The van der Waals surface area contributed by atoms with Gasteiger partial charge in [0.15, 0.2) is 0 Å². The van der Waals surface area contributed by atoms with Crippen LogP contribution in [0, 0.1) is 18.3 Å². The molecule has 0 radical (unpaired) electrons. The summed E-state index contributed by atoms with van der Waals surface area (Å²) in [5.41, 5.74) is 9.08. The van der Waals surface area contributed by atoms with Gasteiger partial charge in [0.25, 0.3) is 0 Å². The third-order valence-corrected chi connectivity index (χ3v) is 7.66. The minimum atomic E-state index is 0.0619. The highest BCUT2D eigenvalue weighted by atomic mass is 16.5. The third-order valence-electron chi connectivity index (χ3n) is 7.66. The Bertz CT molecular complexity index is 1400. The molecule has 0 bridgehead atoms. The minimum Gasteiger partial charge on any atom is -0.370 e. The number of piperazine rings is 1. The molecular weight excluding hydrogens is 478 g/mol. The summed E-state index contributed by atoms with van der Waals surface area (Å²) in [4.78, 5) is 23.2. The van der Waals surface area contributed by atoms with Crippen molar-refractivity contribution >= 4 is 28.4 Å². The summed E-state index contributed by atoms with van der Waals surface area (Å²) >= 11 is 0. The second-order valence-corrected chi connectivity index (χ2v) is 10.7. The topological polar surface area (TPSA) is 111 Å². The highest BCUT2D eigenvalue weighted by Crippen LogP contribution is 2.30. The van der Waals surface area contributed by atoms with Gasteiger partial charge in [0.2, 0.25) is 5.95 Å². The van der Waals surface area contributed by atoms with Crippen LogP contribution < -0.4 is 20.4 Å². The number of aryl methyl sites for hydroxylation is 1. The SMILES string of the molecule is [2H]c1ccc2c(N3C[C@H](CN4CCN(c5nc(C)cc(N6CC(N)C6)n5)CC4)O[C@H](C)C3)ccc(C#N)c2n1. The lowest BCUT2D eigenvalue weighted by Gasteiger charge is -2.42. The van der Waals surface area contributed by atoms with Gasteiger partial charge in [-0.15, -0.1) is 0 Å². The Morgan fingerprint density at radius 1 is 1.08 bits per heavy atom. The van der Waals surface area contributed by atoms with E-state index in [1.54, 1.807) is 6.07 Å². The van der Waals surface area contributed by atoms with E-state index in [1.807, 2.05) is 31.2 Å². The summed E-state index contributed by atoms with van der Waals surface area (Å²) in [6, 6.07) is 11.9. The number of rotatable bonds is 5. The number of morpholine rings is 1. The highest BCUT2D eigenvalue weighted by Gasteiger charge is 2.30. The van der Waals surface area contributed by atoms with E-state index >= 15 is 0 Å². The molecule has 0 amide bonds. The predicted octanol–water partition coefficient (Wildman–Crippen LogP) is 1.77. The maximum atomic E-state index is 9.55. The third kappa shape index (κ3) is 4.97. The first-order valence-electron chi connectivity index (χ1n) is 13.9. The monoisotopic (exact) mass is 514 g/mol. The van der Waals surface area contributed by atoms with Crippen molar-refractivity contribution in [3.63, 3.8) is 0 Å². The Kier molecular flexibility index (Phi) is 6.41. The van der Waals surface area contributed by atoms with E-state index in [1.165, 1.54) is 0 Å². The fourth-order valence-corrected chi connectivity index (χ4v) is 5.77. The van der Waals surface area contributed by atoms with E-state index in [2.05, 4.69) is 37.6 Å². The zero-order chi connectivity index (χ0) is 27.1. The number of aromatic nitrogens is 3. The molecule has 3 aliphatic heterocycles. The van der Waals surface area contributed by atoms with E-state index in [0.29, 0.717) is 11.1 Å². The molecule has 0 spiro atoms. The normalized spacial score (nSPS) is 23.3. The summed E-state index contributed by atoms with van der Waals surface area (Å²) in [6.07, 6.45) is 0.306. The Morgan fingerprint density at radius 2 is 1.89 bits per heavy atom. The van der Waals surface area contributed by atoms with Crippen molar-refractivity contribution in [2.75, 3.05) is 73.6 Å². The van der Waals surface area contributed by atoms with Gasteiger partial charge in [-0.25, -0.2) is 4.98 Å². The molecule has 3 aliphatic rings. The average Bonchev–Trinajstić information content (AvgIpc) is 2.90. The van der Waals surface area contributed by atoms with Crippen LogP contribution in [0.2, 0.25) is 0 Å². The molecule has 2 atom stereocenters. The second kappa shape index (κ2) is 10.3. The molecule has 2 aromatic heterocycles. The molecule has 10 nitrogen and oxygen atoms in total. The molecule has 0 unspecified atom stereocenters. The largest absolute Gasteiger partial charge is 0.370 e. The number of hydrogen-bond donors (Lipinski definition) is 1. The van der Waals surface area contributed by atoms with Gasteiger partial charge in [0, 0.05) is 94.0 Å². The molecule has 38 heavy (non-hydrogen) atoms. The molecule has 0 saturated carbocycles. The first kappa shape index (κ1) is 23.6. The lowest BCUT2D eigenvalue weighted by molar-refractivity contribution is -0.0327. The van der Waals surface area contributed by atoms with E-state index < -0.39 is 0 Å². The minimum absolute atomic E-state index is 0.0619. The zero-order valence-corrected chi connectivity index (χ0v) is 22.0. The molecule has 3 fully saturated rings. The van der Waals surface area contributed by atoms with Crippen LogP contribution >= 0.6 is 0 Å². The number of benzene rings is 1. The summed E-state index contributed by atoms with van der Waals surface area (Å²) in [5, 5.41) is 10.5. The number of nitrogens with two attached hydrogens (primary N) is 1. The maximum Gasteiger partial charge on any atom is 0.227 e. The summed E-state index contributed by atoms with van der Waals surface area (Å²) < 4.78 is 14.3. The Hall–Kier alpha value is -3.52. The van der Waals surface area contributed by atoms with Gasteiger partial charge in [0.1, 0.15) is 11.9 Å². The molecule has 5 heterocycles. The van der Waals surface area contributed by atoms with Gasteiger partial charge in [-0.3, -0.25) is 9.88 Å². The van der Waals surface area contributed by atoms with E-state index in [-0.39, 0.29) is 24.4 Å². The Balaban J connectivity index is 1.11. The van der Waals surface area contributed by atoms with Gasteiger partial charge in [0.05, 0.1) is 24.7 Å². The van der Waals surface area contributed by atoms with Gasteiger partial charge in [-0.05, 0) is 38.1 Å². The van der Waals surface area contributed by atoms with E-state index in [4.69, 9.17) is 21.8 Å². The number of anilines is 3. The molecular formula is C28H35N9O. The van der Waals surface area contributed by atoms with Crippen molar-refractivity contribution in [2.24, 2.45) is 5.73 Å². The molecule has 198 valence electrons. The maximum absolute atomic E-state index is 9.55. The van der Waals surface area contributed by atoms with Crippen molar-refractivity contribution in [1.82, 2.24) is 19.9 Å². The number of pyridine rings is 1. The van der Waals surface area contributed by atoms with Crippen LogP contribution in [-0.4, -0.2) is 97.0 Å². The van der Waals surface area contributed by atoms with Crippen LogP contribution in [0.4, 0.5) is 17.5 Å². The number of nitrogens with zero attached hydrogens (tertiary/aromatic N) is 8. The lowest BCUT2D eigenvalue weighted by atomic mass is 10.1. The van der Waals surface area contributed by atoms with Gasteiger partial charge in [-0.1, -0.05) is 0 Å². The van der Waals surface area contributed by atoms with Crippen molar-refractivity contribution in [1.29, 1.82) is 5.26 Å². The molecule has 1 aromatic carbocycles. The highest BCUT2D eigenvalue weighted by molar-refractivity contribution is 5.95. The van der Waals surface area contributed by atoms with Crippen LogP contribution in [0.1, 0.15) is 19.6 Å². The van der Waals surface area contributed by atoms with Crippen LogP contribution in [0.5, 0.6) is 0 Å². The summed E-state index contributed by atoms with van der Waals surface area (Å²) in [7, 11) is 0. The first-order chi connectivity index (χ1) is 18.9. The van der Waals surface area contributed by atoms with Crippen molar-refractivity contribution in [3.05, 3.63) is 47.8 Å². The fourth-order valence-electron chi connectivity index (χ4n) is 5.77. The summed E-state index contributed by atoms with van der Waals surface area (Å²) in [5.74, 6) is 1.77. The molecule has 10 heteroatoms.